The topological polar surface area (TPSA) is 95.1 Å². The number of benzene rings is 2. The van der Waals surface area contributed by atoms with E-state index >= 15 is 0 Å². The zero-order valence-electron chi connectivity index (χ0n) is 15.3. The Kier molecular flexibility index (Phi) is 6.40. The van der Waals surface area contributed by atoms with Gasteiger partial charge in [-0.25, -0.2) is 4.39 Å². The Morgan fingerprint density at radius 2 is 1.97 bits per heavy atom. The van der Waals surface area contributed by atoms with Crippen molar-refractivity contribution in [1.82, 2.24) is 9.88 Å². The molecule has 1 amide bonds. The fourth-order valence-electron chi connectivity index (χ4n) is 2.92. The molecule has 0 atom stereocenters. The summed E-state index contributed by atoms with van der Waals surface area (Å²) in [5, 5.41) is 22.2. The number of hydrogen-bond donors (Lipinski definition) is 2. The number of aromatic nitrogens is 1. The van der Waals surface area contributed by atoms with Gasteiger partial charge >= 0.3 is 5.97 Å². The highest BCUT2D eigenvalue weighted by molar-refractivity contribution is 6.42. The van der Waals surface area contributed by atoms with Crippen molar-refractivity contribution < 1.29 is 19.1 Å². The molecule has 1 heterocycles. The van der Waals surface area contributed by atoms with Crippen LogP contribution in [-0.4, -0.2) is 21.6 Å². The van der Waals surface area contributed by atoms with Crippen LogP contribution < -0.4 is 5.32 Å². The van der Waals surface area contributed by atoms with Crippen LogP contribution in [0.5, 0.6) is 0 Å². The number of halogens is 3. The summed E-state index contributed by atoms with van der Waals surface area (Å²) in [5.74, 6) is -2.24. The number of carbonyl (C=O) groups excluding carboxylic acids is 1. The number of nitrogens with zero attached hydrogens (tertiary/aromatic N) is 2. The van der Waals surface area contributed by atoms with Gasteiger partial charge < -0.3 is 15.0 Å². The first-order valence-electron chi connectivity index (χ1n) is 8.62. The smallest absolute Gasteiger partial charge is 0.323 e. The maximum atomic E-state index is 13.7. The number of carboxylic acid groups (broad SMARTS) is 1. The minimum atomic E-state index is -1.08. The molecule has 0 fully saturated rings. The third kappa shape index (κ3) is 4.79. The second-order valence-electron chi connectivity index (χ2n) is 6.37. The maximum Gasteiger partial charge on any atom is 0.323 e. The van der Waals surface area contributed by atoms with Crippen LogP contribution >= 0.6 is 23.2 Å². The Balaban J connectivity index is 1.89. The molecular weight excluding hydrogens is 432 g/mol. The molecule has 0 radical (unpaired) electrons. The highest BCUT2D eigenvalue weighted by Gasteiger charge is 2.14. The molecule has 1 aromatic heterocycles. The van der Waals surface area contributed by atoms with E-state index in [-0.39, 0.29) is 18.7 Å². The summed E-state index contributed by atoms with van der Waals surface area (Å²) in [6.45, 7) is -0.231. The lowest BCUT2D eigenvalue weighted by molar-refractivity contribution is -0.137. The Hall–Kier alpha value is -3.34. The highest BCUT2D eigenvalue weighted by atomic mass is 35.5. The van der Waals surface area contributed by atoms with E-state index in [0.29, 0.717) is 32.1 Å². The van der Waals surface area contributed by atoms with Crippen LogP contribution in [0.3, 0.4) is 0 Å². The predicted molar refractivity (Wildman–Crippen MR) is 111 cm³/mol. The molecule has 6 nitrogen and oxygen atoms in total. The maximum absolute atomic E-state index is 13.7. The molecule has 2 aromatic carbocycles. The molecule has 0 saturated heterocycles. The molecule has 9 heteroatoms. The second-order valence-corrected chi connectivity index (χ2v) is 7.18. The molecule has 30 heavy (non-hydrogen) atoms. The number of amides is 1. The van der Waals surface area contributed by atoms with Crippen LogP contribution in [0.4, 0.5) is 4.39 Å². The third-order valence-corrected chi connectivity index (χ3v) is 5.02. The van der Waals surface area contributed by atoms with E-state index in [1.165, 1.54) is 35.0 Å². The summed E-state index contributed by atoms with van der Waals surface area (Å²) in [6.07, 6.45) is 2.76. The van der Waals surface area contributed by atoms with Crippen molar-refractivity contribution in [3.63, 3.8) is 0 Å². The van der Waals surface area contributed by atoms with Crippen LogP contribution in [0.15, 0.2) is 48.2 Å². The average molecular weight is 446 g/mol. The predicted octanol–water partition coefficient (Wildman–Crippen LogP) is 4.40. The van der Waals surface area contributed by atoms with Gasteiger partial charge in [0.05, 0.1) is 10.0 Å². The largest absolute Gasteiger partial charge is 0.480 e. The molecule has 152 valence electrons. The molecule has 0 aliphatic heterocycles. The van der Waals surface area contributed by atoms with Crippen molar-refractivity contribution in [1.29, 1.82) is 5.26 Å². The summed E-state index contributed by atoms with van der Waals surface area (Å²) in [6, 6.07) is 10.6. The lowest BCUT2D eigenvalue weighted by Crippen LogP contribution is -2.23. The van der Waals surface area contributed by atoms with Gasteiger partial charge in [0.25, 0.3) is 5.91 Å². The first-order valence-corrected chi connectivity index (χ1v) is 9.38. The van der Waals surface area contributed by atoms with E-state index in [2.05, 4.69) is 5.32 Å². The zero-order valence-corrected chi connectivity index (χ0v) is 16.8. The van der Waals surface area contributed by atoms with Gasteiger partial charge in [-0.15, -0.1) is 0 Å². The van der Waals surface area contributed by atoms with E-state index in [0.717, 1.165) is 0 Å². The third-order valence-electron chi connectivity index (χ3n) is 4.28. The molecular formula is C21H14Cl2FN3O3. The lowest BCUT2D eigenvalue weighted by atomic mass is 10.1. The molecule has 0 spiro atoms. The molecule has 2 N–H and O–H groups in total. The van der Waals surface area contributed by atoms with E-state index in [1.54, 1.807) is 18.2 Å². The van der Waals surface area contributed by atoms with Crippen LogP contribution in [0.1, 0.15) is 11.1 Å². The SMILES string of the molecule is N#C/C(=C\c1cn(CC(=O)O)c2ccc(F)cc12)C(=O)NCc1ccc(Cl)c(Cl)c1. The number of carboxylic acids is 1. The normalized spacial score (nSPS) is 11.3. The summed E-state index contributed by atoms with van der Waals surface area (Å²) in [5.41, 5.74) is 1.30. The van der Waals surface area contributed by atoms with Crippen LogP contribution in [0.25, 0.3) is 17.0 Å². The standard InChI is InChI=1S/C21H14Cl2FN3O3/c22-17-3-1-12(5-18(17)23)9-26-21(30)13(8-25)6-14-10-27(11-20(28)29)19-4-2-15(24)7-16(14)19/h1-7,10H,9,11H2,(H,26,30)(H,28,29)/b13-6+. The van der Waals surface area contributed by atoms with E-state index in [1.807, 2.05) is 6.07 Å². The van der Waals surface area contributed by atoms with Gasteiger partial charge in [0, 0.05) is 29.2 Å². The van der Waals surface area contributed by atoms with Gasteiger partial charge in [0.1, 0.15) is 24.0 Å². The Morgan fingerprint density at radius 3 is 2.63 bits per heavy atom. The van der Waals surface area contributed by atoms with Gasteiger partial charge in [-0.2, -0.15) is 5.26 Å². The first kappa shape index (κ1) is 21.4. The molecule has 3 aromatic rings. The van der Waals surface area contributed by atoms with Crippen molar-refractivity contribution in [3.8, 4) is 6.07 Å². The van der Waals surface area contributed by atoms with Crippen LogP contribution in [0, 0.1) is 17.1 Å². The van der Waals surface area contributed by atoms with E-state index < -0.39 is 17.7 Å². The quantitative estimate of drug-likeness (QED) is 0.434. The van der Waals surface area contributed by atoms with E-state index in [4.69, 9.17) is 28.3 Å². The van der Waals surface area contributed by atoms with Crippen molar-refractivity contribution in [2.75, 3.05) is 0 Å². The fraction of sp³-hybridized carbons (Fsp3) is 0.0952. The van der Waals surface area contributed by atoms with Crippen molar-refractivity contribution in [3.05, 3.63) is 75.2 Å². The minimum Gasteiger partial charge on any atom is -0.480 e. The van der Waals surface area contributed by atoms with Gasteiger partial charge in [-0.1, -0.05) is 29.3 Å². The van der Waals surface area contributed by atoms with Crippen molar-refractivity contribution in [2.45, 2.75) is 13.1 Å². The molecule has 0 aliphatic rings. The summed E-state index contributed by atoms with van der Waals surface area (Å²) >= 11 is 11.8. The number of rotatable bonds is 6. The average Bonchev–Trinajstić information content (AvgIpc) is 3.02. The number of aliphatic carboxylic acids is 1. The van der Waals surface area contributed by atoms with Gasteiger partial charge in [0.15, 0.2) is 0 Å². The van der Waals surface area contributed by atoms with Gasteiger partial charge in [-0.3, -0.25) is 9.59 Å². The van der Waals surface area contributed by atoms with Crippen LogP contribution in [-0.2, 0) is 22.7 Å². The van der Waals surface area contributed by atoms with Crippen molar-refractivity contribution in [2.24, 2.45) is 0 Å². The molecule has 0 saturated carbocycles. The molecule has 3 rings (SSSR count). The Morgan fingerprint density at radius 1 is 1.20 bits per heavy atom. The number of hydrogen-bond acceptors (Lipinski definition) is 3. The highest BCUT2D eigenvalue weighted by Crippen LogP contribution is 2.25. The summed E-state index contributed by atoms with van der Waals surface area (Å²) < 4.78 is 15.1. The minimum absolute atomic E-state index is 0.115. The zero-order chi connectivity index (χ0) is 21.8. The number of carbonyl (C=O) groups is 2. The van der Waals surface area contributed by atoms with Gasteiger partial charge in [-0.05, 0) is 42.0 Å². The fourth-order valence-corrected chi connectivity index (χ4v) is 3.24. The lowest BCUT2D eigenvalue weighted by Gasteiger charge is -2.06. The van der Waals surface area contributed by atoms with E-state index in [9.17, 15) is 19.2 Å². The van der Waals surface area contributed by atoms with Crippen LogP contribution in [0.2, 0.25) is 10.0 Å². The molecule has 0 unspecified atom stereocenters. The second kappa shape index (κ2) is 8.99. The van der Waals surface area contributed by atoms with Gasteiger partial charge in [0.2, 0.25) is 0 Å². The summed E-state index contributed by atoms with van der Waals surface area (Å²) in [7, 11) is 0. The Labute approximate surface area is 180 Å². The number of nitriles is 1. The number of fused-ring (bicyclic) bond motifs is 1. The summed E-state index contributed by atoms with van der Waals surface area (Å²) in [4.78, 5) is 23.6. The van der Waals surface area contributed by atoms with Crippen molar-refractivity contribution >= 4 is 52.1 Å². The Bertz CT molecular complexity index is 1230. The first-order chi connectivity index (χ1) is 14.3. The molecule has 0 aliphatic carbocycles. The monoisotopic (exact) mass is 445 g/mol. The number of nitrogens with one attached hydrogen (secondary N) is 1. The molecule has 0 bridgehead atoms.